The molecular weight excluding hydrogens is 544 g/mol. The van der Waals surface area contributed by atoms with E-state index in [9.17, 15) is 25.5 Å². The number of hydrogen-bond donors (Lipinski definition) is 6. The molecule has 6 rings (SSSR count). The fourth-order valence-corrected chi connectivity index (χ4v) is 7.08. The third-order valence-corrected chi connectivity index (χ3v) is 9.50. The van der Waals surface area contributed by atoms with E-state index < -0.39 is 18.5 Å². The van der Waals surface area contributed by atoms with Crippen LogP contribution in [0.4, 0.5) is 0 Å². The van der Waals surface area contributed by atoms with Gasteiger partial charge in [0.2, 0.25) is 0 Å². The molecule has 8 bridgehead atoms. The largest absolute Gasteiger partial charge is 0.511 e. The number of hydrogen-bond acceptors (Lipinski definition) is 9. The molecule has 0 aromatic rings. The van der Waals surface area contributed by atoms with E-state index >= 15 is 0 Å². The number of allylic oxidation sites excluding steroid dienone is 11. The van der Waals surface area contributed by atoms with E-state index in [-0.39, 0.29) is 24.0 Å². The monoisotopic (exact) mass is 582 g/mol. The quantitative estimate of drug-likeness (QED) is 0.255. The lowest BCUT2D eigenvalue weighted by Crippen LogP contribution is -2.27. The predicted octanol–water partition coefficient (Wildman–Crippen LogP) is 4.47. The Bertz CT molecular complexity index is 1700. The van der Waals surface area contributed by atoms with Crippen molar-refractivity contribution in [3.05, 3.63) is 104 Å². The van der Waals surface area contributed by atoms with Crippen molar-refractivity contribution in [1.82, 2.24) is 5.32 Å². The Kier molecular flexibility index (Phi) is 7.25. The van der Waals surface area contributed by atoms with Gasteiger partial charge in [-0.1, -0.05) is 26.5 Å². The molecule has 43 heavy (non-hydrogen) atoms. The van der Waals surface area contributed by atoms with Crippen molar-refractivity contribution < 1.29 is 25.5 Å². The molecule has 9 heteroatoms. The zero-order valence-corrected chi connectivity index (χ0v) is 25.1. The van der Waals surface area contributed by atoms with Crippen LogP contribution in [0.15, 0.2) is 119 Å². The smallest absolute Gasteiger partial charge is 0.165 e. The van der Waals surface area contributed by atoms with Crippen LogP contribution in [0.2, 0.25) is 0 Å². The molecule has 1 saturated heterocycles. The van der Waals surface area contributed by atoms with Crippen LogP contribution in [0.3, 0.4) is 0 Å². The van der Waals surface area contributed by atoms with Crippen LogP contribution in [-0.2, 0) is 0 Å². The van der Waals surface area contributed by atoms with Gasteiger partial charge in [0.1, 0.15) is 5.76 Å². The maximum atomic E-state index is 11.4. The predicted molar refractivity (Wildman–Crippen MR) is 167 cm³/mol. The summed E-state index contributed by atoms with van der Waals surface area (Å²) in [5.74, 6) is -1.59. The lowest BCUT2D eigenvalue weighted by Gasteiger charge is -2.22. The fourth-order valence-electron chi connectivity index (χ4n) is 7.08. The standard InChI is InChI=1S/C34H38N4O5/c1-7-18-14(3)21-11-23-16(5)20(9-10-27(39)40)31(37-23)29-30(34(42)43)33(41)28-17(6)24(38-32(28)29)13-26-19(8-2)15(4)22(36-26)12-25(18)35-21/h7,11-13,16,20,27,30,34,37,39-43H,1,8-10H2,2-6H3. The maximum absolute atomic E-state index is 11.4. The van der Waals surface area contributed by atoms with Gasteiger partial charge in [0.05, 0.1) is 40.1 Å². The minimum atomic E-state index is -1.87. The SMILES string of the molecule is C=CC1=C(C)C2=NC1=CC1=NC(=CC3=C(C)C4=C(O)C(C(O)O)C(=C5NC(=C2)C(C)C5CCC(O)O)C4=N3)C(CC)=C1C. The molecule has 224 valence electrons. The van der Waals surface area contributed by atoms with E-state index in [0.29, 0.717) is 34.7 Å². The van der Waals surface area contributed by atoms with Gasteiger partial charge in [-0.15, -0.1) is 0 Å². The normalized spacial score (nSPS) is 26.5. The van der Waals surface area contributed by atoms with Gasteiger partial charge in [0.15, 0.2) is 12.6 Å². The molecule has 3 unspecified atom stereocenters. The first-order valence-corrected chi connectivity index (χ1v) is 14.8. The van der Waals surface area contributed by atoms with Crippen LogP contribution in [0.25, 0.3) is 0 Å². The zero-order chi connectivity index (χ0) is 30.9. The van der Waals surface area contributed by atoms with Crippen molar-refractivity contribution >= 4 is 17.1 Å². The van der Waals surface area contributed by atoms with E-state index in [1.165, 1.54) is 0 Å². The van der Waals surface area contributed by atoms with Gasteiger partial charge >= 0.3 is 0 Å². The van der Waals surface area contributed by atoms with Gasteiger partial charge in [-0.2, -0.15) is 0 Å². The Labute approximate surface area is 251 Å². The molecule has 9 nitrogen and oxygen atoms in total. The summed E-state index contributed by atoms with van der Waals surface area (Å²) >= 11 is 0. The highest BCUT2D eigenvalue weighted by molar-refractivity contribution is 6.22. The van der Waals surface area contributed by atoms with Gasteiger partial charge in [0, 0.05) is 39.9 Å². The Morgan fingerprint density at radius 3 is 2.30 bits per heavy atom. The second-order valence-electron chi connectivity index (χ2n) is 11.9. The summed E-state index contributed by atoms with van der Waals surface area (Å²) in [7, 11) is 0. The Hall–Kier alpha value is -3.89. The van der Waals surface area contributed by atoms with Crippen molar-refractivity contribution in [1.29, 1.82) is 0 Å². The highest BCUT2D eigenvalue weighted by Gasteiger charge is 2.48. The molecular formula is C34H38N4O5. The first kappa shape index (κ1) is 29.2. The van der Waals surface area contributed by atoms with Crippen LogP contribution in [0.5, 0.6) is 0 Å². The van der Waals surface area contributed by atoms with E-state index in [1.54, 1.807) is 0 Å². The molecule has 5 heterocycles. The molecule has 0 aromatic heterocycles. The Morgan fingerprint density at radius 2 is 1.65 bits per heavy atom. The number of nitrogens with zero attached hydrogens (tertiary/aromatic N) is 3. The summed E-state index contributed by atoms with van der Waals surface area (Å²) in [4.78, 5) is 15.0. The van der Waals surface area contributed by atoms with Gasteiger partial charge in [-0.3, -0.25) is 0 Å². The van der Waals surface area contributed by atoms with Crippen LogP contribution < -0.4 is 5.32 Å². The van der Waals surface area contributed by atoms with Crippen molar-refractivity contribution in [3.8, 4) is 0 Å². The molecule has 1 aliphatic carbocycles. The number of nitrogens with one attached hydrogen (secondary N) is 1. The first-order chi connectivity index (χ1) is 20.5. The average molecular weight is 583 g/mol. The lowest BCUT2D eigenvalue weighted by atomic mass is 9.84. The third-order valence-electron chi connectivity index (χ3n) is 9.50. The average Bonchev–Trinajstić information content (AvgIpc) is 3.68. The van der Waals surface area contributed by atoms with Crippen LogP contribution in [0, 0.1) is 17.8 Å². The highest BCUT2D eigenvalue weighted by Crippen LogP contribution is 2.49. The van der Waals surface area contributed by atoms with Crippen LogP contribution in [0.1, 0.15) is 53.9 Å². The van der Waals surface area contributed by atoms with Crippen molar-refractivity contribution in [2.24, 2.45) is 32.7 Å². The molecule has 3 atom stereocenters. The van der Waals surface area contributed by atoms with E-state index in [2.05, 4.69) is 25.7 Å². The van der Waals surface area contributed by atoms with Gasteiger partial charge in [0.25, 0.3) is 0 Å². The summed E-state index contributed by atoms with van der Waals surface area (Å²) in [6.45, 7) is 14.1. The molecule has 0 amide bonds. The molecule has 6 N–H and O–H groups in total. The van der Waals surface area contributed by atoms with E-state index in [1.807, 2.05) is 45.1 Å². The molecule has 0 spiro atoms. The zero-order valence-electron chi connectivity index (χ0n) is 25.1. The number of aliphatic hydroxyl groups is 5. The summed E-state index contributed by atoms with van der Waals surface area (Å²) in [5.41, 5.74) is 11.6. The molecule has 6 aliphatic rings. The van der Waals surface area contributed by atoms with E-state index in [4.69, 9.17) is 15.0 Å². The Balaban J connectivity index is 1.66. The number of rotatable bonds is 6. The Morgan fingerprint density at radius 1 is 0.953 bits per heavy atom. The molecule has 0 aromatic carbocycles. The maximum Gasteiger partial charge on any atom is 0.165 e. The van der Waals surface area contributed by atoms with Gasteiger partial charge < -0.3 is 30.8 Å². The van der Waals surface area contributed by atoms with Crippen molar-refractivity contribution in [2.45, 2.75) is 66.5 Å². The topological polar surface area (TPSA) is 150 Å². The third kappa shape index (κ3) is 4.50. The number of fused-ring (bicyclic) bond motifs is 5. The van der Waals surface area contributed by atoms with Crippen LogP contribution >= 0.6 is 0 Å². The van der Waals surface area contributed by atoms with Crippen LogP contribution in [-0.4, -0.2) is 55.2 Å². The molecule has 1 fully saturated rings. The minimum Gasteiger partial charge on any atom is -0.511 e. The summed E-state index contributed by atoms with van der Waals surface area (Å²) < 4.78 is 0. The minimum absolute atomic E-state index is 0.106. The van der Waals surface area contributed by atoms with Gasteiger partial charge in [-0.05, 0) is 80.6 Å². The fraction of sp³-hybridized carbons (Fsp3) is 0.382. The highest BCUT2D eigenvalue weighted by atomic mass is 16.5. The second-order valence-corrected chi connectivity index (χ2v) is 11.9. The molecule has 0 saturated carbocycles. The van der Waals surface area contributed by atoms with Crippen molar-refractivity contribution in [2.75, 3.05) is 0 Å². The second kappa shape index (κ2) is 10.7. The van der Waals surface area contributed by atoms with E-state index in [0.717, 1.165) is 62.8 Å². The number of aliphatic hydroxyl groups excluding tert-OH is 3. The number of aliphatic imine (C=N–C) groups is 3. The van der Waals surface area contributed by atoms with Crippen molar-refractivity contribution in [3.63, 3.8) is 0 Å². The first-order valence-electron chi connectivity index (χ1n) is 14.8. The molecule has 5 aliphatic heterocycles. The lowest BCUT2D eigenvalue weighted by molar-refractivity contribution is -0.0697. The summed E-state index contributed by atoms with van der Waals surface area (Å²) in [6, 6.07) is 0. The summed E-state index contributed by atoms with van der Waals surface area (Å²) in [6.07, 6.45) is 5.68. The van der Waals surface area contributed by atoms with Gasteiger partial charge in [-0.25, -0.2) is 15.0 Å². The summed E-state index contributed by atoms with van der Waals surface area (Å²) in [5, 5.41) is 55.6. The molecule has 0 radical (unpaired) electrons.